The van der Waals surface area contributed by atoms with Crippen molar-refractivity contribution < 1.29 is 4.43 Å². The molecule has 2 aromatic heterocycles. The van der Waals surface area contributed by atoms with Gasteiger partial charge in [-0.15, -0.1) is 11.8 Å². The molecule has 0 aliphatic heterocycles. The van der Waals surface area contributed by atoms with Gasteiger partial charge in [-0.3, -0.25) is 13.9 Å². The number of rotatable bonds is 8. The molecule has 0 saturated heterocycles. The lowest BCUT2D eigenvalue weighted by Crippen LogP contribution is -2.41. The Hall–Kier alpha value is -1.25. The van der Waals surface area contributed by atoms with Crippen LogP contribution >= 0.6 is 11.8 Å². The smallest absolute Gasteiger partial charge is 0.331 e. The average Bonchev–Trinajstić information content (AvgIpc) is 2.99. The molecule has 0 amide bonds. The third kappa shape index (κ3) is 4.83. The number of hydrogen-bond donors (Lipinski definition) is 1. The van der Waals surface area contributed by atoms with E-state index in [1.165, 1.54) is 4.57 Å². The summed E-state index contributed by atoms with van der Waals surface area (Å²) in [6.45, 7) is 16.7. The number of nitrogens with one attached hydrogen (secondary N) is 1. The van der Waals surface area contributed by atoms with E-state index in [-0.39, 0.29) is 16.3 Å². The van der Waals surface area contributed by atoms with Crippen LogP contribution in [0.4, 0.5) is 0 Å². The maximum atomic E-state index is 12.7. The molecule has 0 aliphatic carbocycles. The standard InChI is InChI=1S/C20H35N3O3SSi/c1-14(2)13-23-15-12-21-17(16(15)18(24)22(6)19(23)25)27-11-9-10-26-28(7,8)20(3,4)5/h12,14,21H,9-11,13H2,1-8H3. The van der Waals surface area contributed by atoms with Crippen molar-refractivity contribution in [2.24, 2.45) is 13.0 Å². The van der Waals surface area contributed by atoms with Crippen LogP contribution in [0.5, 0.6) is 0 Å². The Morgan fingerprint density at radius 1 is 1.25 bits per heavy atom. The third-order valence-electron chi connectivity index (χ3n) is 5.50. The molecule has 2 aromatic rings. The number of thioether (sulfide) groups is 1. The van der Waals surface area contributed by atoms with Crippen molar-refractivity contribution in [3.8, 4) is 0 Å². The molecule has 8 heteroatoms. The minimum Gasteiger partial charge on any atom is -0.417 e. The van der Waals surface area contributed by atoms with E-state index in [1.807, 2.05) is 0 Å². The van der Waals surface area contributed by atoms with E-state index < -0.39 is 8.32 Å². The van der Waals surface area contributed by atoms with E-state index in [9.17, 15) is 9.59 Å². The number of aromatic nitrogens is 3. The fourth-order valence-corrected chi connectivity index (χ4v) is 4.82. The van der Waals surface area contributed by atoms with Crippen LogP contribution < -0.4 is 11.2 Å². The molecule has 6 nitrogen and oxygen atoms in total. The summed E-state index contributed by atoms with van der Waals surface area (Å²) in [5.74, 6) is 1.17. The first-order valence-corrected chi connectivity index (χ1v) is 13.8. The Bertz CT molecular complexity index is 935. The first-order chi connectivity index (χ1) is 12.9. The zero-order chi connectivity index (χ0) is 21.3. The summed E-state index contributed by atoms with van der Waals surface area (Å²) in [5, 5.41) is 1.65. The lowest BCUT2D eigenvalue weighted by atomic mass is 10.2. The van der Waals surface area contributed by atoms with Gasteiger partial charge in [0.1, 0.15) is 0 Å². The minimum atomic E-state index is -1.72. The highest BCUT2D eigenvalue weighted by molar-refractivity contribution is 7.99. The summed E-state index contributed by atoms with van der Waals surface area (Å²) < 4.78 is 9.13. The van der Waals surface area contributed by atoms with Crippen LogP contribution in [0.2, 0.25) is 18.1 Å². The van der Waals surface area contributed by atoms with Crippen LogP contribution in [-0.4, -0.2) is 34.8 Å². The largest absolute Gasteiger partial charge is 0.417 e. The number of fused-ring (bicyclic) bond motifs is 1. The summed E-state index contributed by atoms with van der Waals surface area (Å²) >= 11 is 1.62. The normalized spacial score (nSPS) is 13.0. The topological polar surface area (TPSA) is 69.0 Å². The first-order valence-electron chi connectivity index (χ1n) is 9.94. The first kappa shape index (κ1) is 23.0. The molecular weight excluding hydrogens is 390 g/mol. The molecule has 2 heterocycles. The van der Waals surface area contributed by atoms with E-state index in [0.717, 1.165) is 23.8 Å². The highest BCUT2D eigenvalue weighted by Gasteiger charge is 2.36. The van der Waals surface area contributed by atoms with Crippen LogP contribution in [0.1, 0.15) is 41.0 Å². The van der Waals surface area contributed by atoms with Crippen LogP contribution in [0.15, 0.2) is 20.8 Å². The van der Waals surface area contributed by atoms with Gasteiger partial charge in [0.25, 0.3) is 5.56 Å². The molecule has 0 unspecified atom stereocenters. The number of H-pyrrole nitrogens is 1. The molecule has 28 heavy (non-hydrogen) atoms. The third-order valence-corrected chi connectivity index (χ3v) is 11.1. The molecule has 0 spiro atoms. The van der Waals surface area contributed by atoms with Gasteiger partial charge in [0.15, 0.2) is 8.32 Å². The van der Waals surface area contributed by atoms with Gasteiger partial charge in [-0.25, -0.2) is 4.79 Å². The molecule has 0 saturated carbocycles. The molecule has 0 radical (unpaired) electrons. The predicted molar refractivity (Wildman–Crippen MR) is 121 cm³/mol. The van der Waals surface area contributed by atoms with Crippen molar-refractivity contribution in [1.29, 1.82) is 0 Å². The molecule has 0 fully saturated rings. The quantitative estimate of drug-likeness (QED) is 0.391. The van der Waals surface area contributed by atoms with Gasteiger partial charge in [0, 0.05) is 32.1 Å². The highest BCUT2D eigenvalue weighted by atomic mass is 32.2. The summed E-state index contributed by atoms with van der Waals surface area (Å²) in [7, 11) is -0.168. The van der Waals surface area contributed by atoms with Gasteiger partial charge >= 0.3 is 5.69 Å². The lowest BCUT2D eigenvalue weighted by Gasteiger charge is -2.36. The molecule has 0 bridgehead atoms. The van der Waals surface area contributed by atoms with Crippen molar-refractivity contribution in [3.63, 3.8) is 0 Å². The molecule has 158 valence electrons. The maximum absolute atomic E-state index is 12.7. The molecule has 0 atom stereocenters. The maximum Gasteiger partial charge on any atom is 0.331 e. The van der Waals surface area contributed by atoms with Gasteiger partial charge in [-0.2, -0.15) is 0 Å². The van der Waals surface area contributed by atoms with Gasteiger partial charge < -0.3 is 9.41 Å². The molecule has 0 aliphatic rings. The average molecular weight is 426 g/mol. The van der Waals surface area contributed by atoms with Crippen molar-refractivity contribution in [2.45, 2.75) is 70.7 Å². The van der Waals surface area contributed by atoms with E-state index >= 15 is 0 Å². The summed E-state index contributed by atoms with van der Waals surface area (Å²) in [4.78, 5) is 28.4. The van der Waals surface area contributed by atoms with Gasteiger partial charge in [-0.1, -0.05) is 34.6 Å². The monoisotopic (exact) mass is 425 g/mol. The van der Waals surface area contributed by atoms with Gasteiger partial charge in [0.2, 0.25) is 0 Å². The Balaban J connectivity index is 2.14. The van der Waals surface area contributed by atoms with Crippen molar-refractivity contribution in [1.82, 2.24) is 14.1 Å². The van der Waals surface area contributed by atoms with Crippen LogP contribution in [0.25, 0.3) is 10.9 Å². The second kappa shape index (κ2) is 8.63. The Labute approximate surface area is 172 Å². The summed E-state index contributed by atoms with van der Waals surface area (Å²) in [6.07, 6.45) is 2.71. The van der Waals surface area contributed by atoms with Gasteiger partial charge in [0.05, 0.1) is 15.9 Å². The molecule has 2 rings (SSSR count). The Morgan fingerprint density at radius 3 is 2.46 bits per heavy atom. The van der Waals surface area contributed by atoms with Crippen molar-refractivity contribution in [2.75, 3.05) is 12.4 Å². The number of nitrogens with zero attached hydrogens (tertiary/aromatic N) is 2. The molecular formula is C20H35N3O3SSi. The highest BCUT2D eigenvalue weighted by Crippen LogP contribution is 2.36. The van der Waals surface area contributed by atoms with Crippen molar-refractivity contribution >= 4 is 31.0 Å². The minimum absolute atomic E-state index is 0.210. The Kier molecular flexibility index (Phi) is 7.10. The predicted octanol–water partition coefficient (Wildman–Crippen LogP) is 4.19. The van der Waals surface area contributed by atoms with E-state index in [1.54, 1.807) is 29.6 Å². The summed E-state index contributed by atoms with van der Waals surface area (Å²) in [5.41, 5.74) is 0.202. The van der Waals surface area contributed by atoms with Crippen LogP contribution in [0, 0.1) is 5.92 Å². The second-order valence-electron chi connectivity index (χ2n) is 9.34. The van der Waals surface area contributed by atoms with E-state index in [0.29, 0.717) is 23.4 Å². The van der Waals surface area contributed by atoms with Crippen LogP contribution in [0.3, 0.4) is 0 Å². The van der Waals surface area contributed by atoms with E-state index in [4.69, 9.17) is 4.43 Å². The Morgan fingerprint density at radius 2 is 1.89 bits per heavy atom. The van der Waals surface area contributed by atoms with E-state index in [2.05, 4.69) is 52.7 Å². The summed E-state index contributed by atoms with van der Waals surface area (Å²) in [6, 6.07) is 0. The fourth-order valence-electron chi connectivity index (χ4n) is 2.79. The number of hydrogen-bond acceptors (Lipinski definition) is 4. The number of aromatic amines is 1. The van der Waals surface area contributed by atoms with Crippen molar-refractivity contribution in [3.05, 3.63) is 27.0 Å². The fraction of sp³-hybridized carbons (Fsp3) is 0.700. The molecule has 1 N–H and O–H groups in total. The van der Waals surface area contributed by atoms with Crippen LogP contribution in [-0.2, 0) is 18.0 Å². The zero-order valence-corrected chi connectivity index (χ0v) is 20.3. The van der Waals surface area contributed by atoms with Gasteiger partial charge in [-0.05, 0) is 30.5 Å². The SMILES string of the molecule is CC(C)Cn1c(=O)n(C)c(=O)c2c(SCCCO[Si](C)(C)C(C)(C)C)[nH]cc21. The molecule has 0 aromatic carbocycles. The lowest BCUT2D eigenvalue weighted by molar-refractivity contribution is 0.289. The second-order valence-corrected chi connectivity index (χ2v) is 15.3. The zero-order valence-electron chi connectivity index (χ0n) is 18.5.